The molecule has 0 saturated carbocycles. The maximum atomic E-state index is 11.8. The Morgan fingerprint density at radius 1 is 0.962 bits per heavy atom. The maximum absolute atomic E-state index is 11.8. The molecule has 4 rings (SSSR count). The van der Waals surface area contributed by atoms with Gasteiger partial charge in [0.2, 0.25) is 0 Å². The number of fused-ring (bicyclic) bond motifs is 1. The first-order valence-electron chi connectivity index (χ1n) is 8.65. The van der Waals surface area contributed by atoms with Gasteiger partial charge in [0.25, 0.3) is 0 Å². The summed E-state index contributed by atoms with van der Waals surface area (Å²) in [6.45, 7) is 0. The first-order chi connectivity index (χ1) is 12.8. The predicted octanol–water partition coefficient (Wildman–Crippen LogP) is 4.67. The average molecular weight is 360 g/mol. The average Bonchev–Trinajstić information content (AvgIpc) is 3.36. The summed E-state index contributed by atoms with van der Waals surface area (Å²) in [6.07, 6.45) is 2.87. The summed E-state index contributed by atoms with van der Waals surface area (Å²) in [5.41, 5.74) is 9.68. The Labute approximate surface area is 156 Å². The highest BCUT2D eigenvalue weighted by Crippen LogP contribution is 2.43. The zero-order valence-corrected chi connectivity index (χ0v) is 15.0. The van der Waals surface area contributed by atoms with Crippen molar-refractivity contribution in [3.05, 3.63) is 94.3 Å². The normalized spacial score (nSPS) is 14.8. The number of aromatic nitrogens is 1. The van der Waals surface area contributed by atoms with E-state index in [0.717, 1.165) is 22.8 Å². The Morgan fingerprint density at radius 3 is 2.46 bits per heavy atom. The fourth-order valence-corrected chi connectivity index (χ4v) is 4.64. The molecule has 0 spiro atoms. The van der Waals surface area contributed by atoms with E-state index in [1.54, 1.807) is 11.3 Å². The van der Waals surface area contributed by atoms with Crippen LogP contribution in [0.4, 0.5) is 0 Å². The number of nitrogens with two attached hydrogens (primary N) is 1. The van der Waals surface area contributed by atoms with E-state index >= 15 is 0 Å². The largest absolute Gasteiger partial charge is 0.361 e. The van der Waals surface area contributed by atoms with Crippen LogP contribution in [0.2, 0.25) is 0 Å². The van der Waals surface area contributed by atoms with Gasteiger partial charge in [-0.3, -0.25) is 0 Å². The molecule has 0 amide bonds. The minimum atomic E-state index is -0.596. The van der Waals surface area contributed by atoms with E-state index in [-0.39, 0.29) is 11.8 Å². The fourth-order valence-electron chi connectivity index (χ4n) is 3.74. The van der Waals surface area contributed by atoms with Crippen LogP contribution in [-0.4, -0.2) is 17.3 Å². The summed E-state index contributed by atoms with van der Waals surface area (Å²) in [6, 6.07) is 22.0. The predicted molar refractivity (Wildman–Crippen MR) is 108 cm³/mol. The molecule has 0 aliphatic rings. The van der Waals surface area contributed by atoms with E-state index in [9.17, 15) is 4.79 Å². The van der Waals surface area contributed by atoms with Crippen LogP contribution in [0.1, 0.15) is 27.8 Å². The highest BCUT2D eigenvalue weighted by Gasteiger charge is 2.33. The van der Waals surface area contributed by atoms with E-state index < -0.39 is 6.04 Å². The van der Waals surface area contributed by atoms with Crippen molar-refractivity contribution in [2.45, 2.75) is 17.9 Å². The summed E-state index contributed by atoms with van der Waals surface area (Å²) in [5, 5.41) is 3.19. The van der Waals surface area contributed by atoms with E-state index in [2.05, 4.69) is 40.7 Å². The third-order valence-corrected chi connectivity index (χ3v) is 5.88. The zero-order valence-electron chi connectivity index (χ0n) is 14.2. The van der Waals surface area contributed by atoms with Crippen LogP contribution in [0.5, 0.6) is 0 Å². The molecule has 3 unspecified atom stereocenters. The maximum Gasteiger partial charge on any atom is 0.137 e. The van der Waals surface area contributed by atoms with Crippen LogP contribution >= 0.6 is 11.3 Å². The minimum absolute atomic E-state index is 0.0237. The van der Waals surface area contributed by atoms with Crippen molar-refractivity contribution in [1.29, 1.82) is 0 Å². The first-order valence-corrected chi connectivity index (χ1v) is 9.53. The van der Waals surface area contributed by atoms with Gasteiger partial charge in [0, 0.05) is 33.8 Å². The summed E-state index contributed by atoms with van der Waals surface area (Å²) in [4.78, 5) is 16.3. The zero-order chi connectivity index (χ0) is 17.9. The van der Waals surface area contributed by atoms with Crippen LogP contribution in [0.25, 0.3) is 10.9 Å². The second-order valence-electron chi connectivity index (χ2n) is 6.43. The fraction of sp³-hybridized carbons (Fsp3) is 0.136. The lowest BCUT2D eigenvalue weighted by atomic mass is 9.76. The molecule has 130 valence electrons. The van der Waals surface area contributed by atoms with E-state index in [1.807, 2.05) is 42.6 Å². The van der Waals surface area contributed by atoms with Gasteiger partial charge in [-0.25, -0.2) is 0 Å². The smallest absolute Gasteiger partial charge is 0.137 e. The van der Waals surface area contributed by atoms with Crippen LogP contribution in [0.15, 0.2) is 78.3 Å². The molecular formula is C22H20N2OS. The third kappa shape index (κ3) is 2.98. The van der Waals surface area contributed by atoms with Crippen LogP contribution < -0.4 is 5.73 Å². The molecule has 2 aromatic heterocycles. The van der Waals surface area contributed by atoms with Crippen molar-refractivity contribution in [3.8, 4) is 0 Å². The second kappa shape index (κ2) is 7.28. The number of aldehydes is 1. The molecule has 0 radical (unpaired) electrons. The van der Waals surface area contributed by atoms with Crippen molar-refractivity contribution < 1.29 is 4.79 Å². The molecule has 3 N–H and O–H groups in total. The summed E-state index contributed by atoms with van der Waals surface area (Å²) >= 11 is 1.70. The van der Waals surface area contributed by atoms with Gasteiger partial charge in [0.15, 0.2) is 0 Å². The van der Waals surface area contributed by atoms with E-state index in [0.29, 0.717) is 0 Å². The number of benzene rings is 2. The highest BCUT2D eigenvalue weighted by molar-refractivity contribution is 7.10. The number of carbonyl (C=O) groups excluding carboxylic acids is 1. The Hall–Kier alpha value is -2.69. The summed E-state index contributed by atoms with van der Waals surface area (Å²) in [5.74, 6) is -0.125. The van der Waals surface area contributed by atoms with Crippen LogP contribution in [0.3, 0.4) is 0 Å². The molecule has 0 saturated heterocycles. The standard InChI is InChI=1S/C22H20N2OS/c23-18(14-25)22(17-13-24-19-10-5-4-9-16(17)19)21(20-11-6-12-26-20)15-7-2-1-3-8-15/h1-14,18,21-22,24H,23H2. The Morgan fingerprint density at radius 2 is 1.73 bits per heavy atom. The van der Waals surface area contributed by atoms with E-state index in [4.69, 9.17) is 5.73 Å². The second-order valence-corrected chi connectivity index (χ2v) is 7.41. The summed E-state index contributed by atoms with van der Waals surface area (Å²) < 4.78 is 0. The molecule has 4 aromatic rings. The van der Waals surface area contributed by atoms with Crippen LogP contribution in [-0.2, 0) is 4.79 Å². The Kier molecular flexibility index (Phi) is 4.69. The minimum Gasteiger partial charge on any atom is -0.361 e. The number of nitrogens with one attached hydrogen (secondary N) is 1. The molecule has 2 aromatic carbocycles. The number of rotatable bonds is 6. The number of hydrogen-bond acceptors (Lipinski definition) is 3. The molecular weight excluding hydrogens is 340 g/mol. The number of H-pyrrole nitrogens is 1. The lowest BCUT2D eigenvalue weighted by Crippen LogP contribution is -2.34. The number of para-hydroxylation sites is 1. The lowest BCUT2D eigenvalue weighted by molar-refractivity contribution is -0.109. The molecule has 0 bridgehead atoms. The Balaban J connectivity index is 1.93. The van der Waals surface area contributed by atoms with Crippen molar-refractivity contribution in [3.63, 3.8) is 0 Å². The number of aromatic amines is 1. The molecule has 0 aliphatic carbocycles. The molecule has 3 atom stereocenters. The Bertz CT molecular complexity index is 991. The molecule has 2 heterocycles. The van der Waals surface area contributed by atoms with Crippen molar-refractivity contribution in [2.24, 2.45) is 5.73 Å². The van der Waals surface area contributed by atoms with Crippen molar-refractivity contribution in [1.82, 2.24) is 4.98 Å². The molecule has 4 heteroatoms. The summed E-state index contributed by atoms with van der Waals surface area (Å²) in [7, 11) is 0. The van der Waals surface area contributed by atoms with Crippen LogP contribution in [0, 0.1) is 0 Å². The van der Waals surface area contributed by atoms with Gasteiger partial charge >= 0.3 is 0 Å². The van der Waals surface area contributed by atoms with Crippen molar-refractivity contribution in [2.75, 3.05) is 0 Å². The van der Waals surface area contributed by atoms with Gasteiger partial charge in [0.05, 0.1) is 6.04 Å². The SMILES string of the molecule is NC(C=O)C(c1c[nH]c2ccccc12)C(c1ccccc1)c1cccs1. The molecule has 3 nitrogen and oxygen atoms in total. The number of thiophene rings is 1. The van der Waals surface area contributed by atoms with Crippen molar-refractivity contribution >= 4 is 28.5 Å². The van der Waals surface area contributed by atoms with Gasteiger partial charge < -0.3 is 15.5 Å². The number of carbonyl (C=O) groups is 1. The molecule has 0 fully saturated rings. The van der Waals surface area contributed by atoms with Gasteiger partial charge in [-0.15, -0.1) is 11.3 Å². The third-order valence-electron chi connectivity index (χ3n) is 4.92. The first kappa shape index (κ1) is 16.8. The van der Waals surface area contributed by atoms with Gasteiger partial charge in [-0.2, -0.15) is 0 Å². The number of hydrogen-bond donors (Lipinski definition) is 2. The quantitative estimate of drug-likeness (QED) is 0.491. The highest BCUT2D eigenvalue weighted by atomic mass is 32.1. The molecule has 0 aliphatic heterocycles. The topological polar surface area (TPSA) is 58.9 Å². The van der Waals surface area contributed by atoms with E-state index in [1.165, 1.54) is 10.4 Å². The molecule has 26 heavy (non-hydrogen) atoms. The monoisotopic (exact) mass is 360 g/mol. The van der Waals surface area contributed by atoms with Gasteiger partial charge in [-0.1, -0.05) is 54.6 Å². The van der Waals surface area contributed by atoms with Gasteiger partial charge in [-0.05, 0) is 28.6 Å². The lowest BCUT2D eigenvalue weighted by Gasteiger charge is -2.29. The van der Waals surface area contributed by atoms with Gasteiger partial charge in [0.1, 0.15) is 6.29 Å².